The van der Waals surface area contributed by atoms with Crippen molar-refractivity contribution in [2.45, 2.75) is 31.3 Å². The van der Waals surface area contributed by atoms with Crippen LogP contribution >= 0.6 is 0 Å². The van der Waals surface area contributed by atoms with E-state index in [1.165, 1.54) is 0 Å². The molecule has 0 saturated heterocycles. The summed E-state index contributed by atoms with van der Waals surface area (Å²) in [6.45, 7) is 0. The lowest BCUT2D eigenvalue weighted by Crippen LogP contribution is -2.52. The standard InChI is InChI=1S/C13H18N2O/c14-13(15)8-4-3-6-11(13)9-10-5-1-2-7-12(10)16/h1-2,5,7,9,16H,3-4,6,8,14-15H2/b11-9-. The Balaban J connectivity index is 2.33. The third kappa shape index (κ3) is 2.26. The van der Waals surface area contributed by atoms with Crippen molar-refractivity contribution in [1.29, 1.82) is 0 Å². The van der Waals surface area contributed by atoms with E-state index in [9.17, 15) is 5.11 Å². The van der Waals surface area contributed by atoms with Crippen LogP contribution in [-0.2, 0) is 0 Å². The van der Waals surface area contributed by atoms with Gasteiger partial charge in [0, 0.05) is 5.56 Å². The Hall–Kier alpha value is -1.32. The summed E-state index contributed by atoms with van der Waals surface area (Å²) in [6, 6.07) is 7.23. The highest BCUT2D eigenvalue weighted by molar-refractivity contribution is 5.61. The molecule has 1 aliphatic rings. The van der Waals surface area contributed by atoms with Crippen molar-refractivity contribution in [1.82, 2.24) is 0 Å². The lowest BCUT2D eigenvalue weighted by molar-refractivity contribution is 0.398. The molecule has 0 aromatic heterocycles. The highest BCUT2D eigenvalue weighted by Crippen LogP contribution is 2.30. The van der Waals surface area contributed by atoms with E-state index in [4.69, 9.17) is 11.5 Å². The monoisotopic (exact) mass is 218 g/mol. The molecule has 1 fully saturated rings. The maximum absolute atomic E-state index is 9.69. The van der Waals surface area contributed by atoms with Crippen molar-refractivity contribution in [2.75, 3.05) is 0 Å². The number of phenolic OH excluding ortho intramolecular Hbond substituents is 1. The number of rotatable bonds is 1. The lowest BCUT2D eigenvalue weighted by Gasteiger charge is -2.32. The lowest BCUT2D eigenvalue weighted by atomic mass is 9.84. The molecule has 3 nitrogen and oxygen atoms in total. The Morgan fingerprint density at radius 2 is 1.94 bits per heavy atom. The van der Waals surface area contributed by atoms with Crippen LogP contribution in [0.15, 0.2) is 29.8 Å². The molecule has 0 unspecified atom stereocenters. The number of phenols is 1. The Kier molecular flexibility index (Phi) is 2.99. The van der Waals surface area contributed by atoms with Crippen LogP contribution in [0.3, 0.4) is 0 Å². The van der Waals surface area contributed by atoms with Crippen molar-refractivity contribution in [3.05, 3.63) is 35.4 Å². The first kappa shape index (κ1) is 11.2. The summed E-state index contributed by atoms with van der Waals surface area (Å²) in [5.41, 5.74) is 13.2. The van der Waals surface area contributed by atoms with Crippen molar-refractivity contribution in [2.24, 2.45) is 11.5 Å². The molecule has 5 N–H and O–H groups in total. The molecule has 1 saturated carbocycles. The second-order valence-electron chi connectivity index (χ2n) is 4.48. The molecule has 0 bridgehead atoms. The van der Waals surface area contributed by atoms with Gasteiger partial charge in [-0.05, 0) is 43.4 Å². The average molecular weight is 218 g/mol. The molecule has 0 amide bonds. The molecule has 0 heterocycles. The van der Waals surface area contributed by atoms with Crippen molar-refractivity contribution in [3.63, 3.8) is 0 Å². The maximum Gasteiger partial charge on any atom is 0.122 e. The van der Waals surface area contributed by atoms with Crippen LogP contribution in [0.2, 0.25) is 0 Å². The first-order chi connectivity index (χ1) is 7.59. The number of hydrogen-bond acceptors (Lipinski definition) is 3. The van der Waals surface area contributed by atoms with E-state index in [2.05, 4.69) is 0 Å². The molecular formula is C13H18N2O. The van der Waals surface area contributed by atoms with Gasteiger partial charge in [0.1, 0.15) is 5.75 Å². The van der Waals surface area contributed by atoms with Gasteiger partial charge in [0.25, 0.3) is 0 Å². The minimum absolute atomic E-state index is 0.274. The predicted octanol–water partition coefficient (Wildman–Crippen LogP) is 1.96. The fraction of sp³-hybridized carbons (Fsp3) is 0.385. The van der Waals surface area contributed by atoms with Gasteiger partial charge < -0.3 is 16.6 Å². The van der Waals surface area contributed by atoms with Gasteiger partial charge >= 0.3 is 0 Å². The molecule has 0 radical (unpaired) electrons. The molecular weight excluding hydrogens is 200 g/mol. The van der Waals surface area contributed by atoms with E-state index in [1.54, 1.807) is 12.1 Å². The fourth-order valence-electron chi connectivity index (χ4n) is 2.13. The van der Waals surface area contributed by atoms with E-state index in [0.717, 1.165) is 36.8 Å². The van der Waals surface area contributed by atoms with Crippen molar-refractivity contribution < 1.29 is 5.11 Å². The van der Waals surface area contributed by atoms with Crippen LogP contribution in [-0.4, -0.2) is 10.8 Å². The van der Waals surface area contributed by atoms with E-state index < -0.39 is 5.66 Å². The summed E-state index contributed by atoms with van der Waals surface area (Å²) in [4.78, 5) is 0. The largest absolute Gasteiger partial charge is 0.507 e. The van der Waals surface area contributed by atoms with Crippen LogP contribution < -0.4 is 11.5 Å². The molecule has 1 aromatic rings. The SMILES string of the molecule is NC1(N)CCCC/C1=C/c1ccccc1O. The zero-order valence-corrected chi connectivity index (χ0v) is 9.32. The third-order valence-electron chi connectivity index (χ3n) is 3.15. The summed E-state index contributed by atoms with van der Waals surface area (Å²) in [5.74, 6) is 0.274. The maximum atomic E-state index is 9.69. The fourth-order valence-corrected chi connectivity index (χ4v) is 2.13. The summed E-state index contributed by atoms with van der Waals surface area (Å²) >= 11 is 0. The van der Waals surface area contributed by atoms with Gasteiger partial charge in [-0.15, -0.1) is 0 Å². The predicted molar refractivity (Wildman–Crippen MR) is 65.7 cm³/mol. The van der Waals surface area contributed by atoms with Gasteiger partial charge in [0.2, 0.25) is 0 Å². The zero-order chi connectivity index (χ0) is 11.6. The second kappa shape index (κ2) is 4.28. The minimum atomic E-state index is -0.708. The quantitative estimate of drug-likeness (QED) is 0.631. The third-order valence-corrected chi connectivity index (χ3v) is 3.15. The first-order valence-electron chi connectivity index (χ1n) is 5.66. The van der Waals surface area contributed by atoms with Gasteiger partial charge in [-0.3, -0.25) is 0 Å². The summed E-state index contributed by atoms with van der Waals surface area (Å²) in [6.07, 6.45) is 5.85. The van der Waals surface area contributed by atoms with Gasteiger partial charge in [-0.25, -0.2) is 0 Å². The normalized spacial score (nSPS) is 22.2. The molecule has 1 aliphatic carbocycles. The van der Waals surface area contributed by atoms with E-state index in [0.29, 0.717) is 0 Å². The Morgan fingerprint density at radius 3 is 2.62 bits per heavy atom. The van der Waals surface area contributed by atoms with E-state index in [1.807, 2.05) is 18.2 Å². The molecule has 3 heteroatoms. The number of aromatic hydroxyl groups is 1. The van der Waals surface area contributed by atoms with Gasteiger partial charge in [-0.2, -0.15) is 0 Å². The Labute approximate surface area is 95.8 Å². The number of hydrogen-bond donors (Lipinski definition) is 3. The second-order valence-corrected chi connectivity index (χ2v) is 4.48. The first-order valence-corrected chi connectivity index (χ1v) is 5.66. The molecule has 86 valence electrons. The summed E-state index contributed by atoms with van der Waals surface area (Å²) in [7, 11) is 0. The molecule has 1 aromatic carbocycles. The molecule has 0 aliphatic heterocycles. The number of benzene rings is 1. The molecule has 0 atom stereocenters. The van der Waals surface area contributed by atoms with Crippen LogP contribution in [0.25, 0.3) is 6.08 Å². The van der Waals surface area contributed by atoms with Crippen molar-refractivity contribution in [3.8, 4) is 5.75 Å². The van der Waals surface area contributed by atoms with Crippen LogP contribution in [0.1, 0.15) is 31.2 Å². The van der Waals surface area contributed by atoms with Crippen LogP contribution in [0, 0.1) is 0 Å². The Morgan fingerprint density at radius 1 is 1.19 bits per heavy atom. The van der Waals surface area contributed by atoms with E-state index in [-0.39, 0.29) is 5.75 Å². The smallest absolute Gasteiger partial charge is 0.122 e. The summed E-state index contributed by atoms with van der Waals surface area (Å²) < 4.78 is 0. The average Bonchev–Trinajstić information content (AvgIpc) is 2.24. The number of para-hydroxylation sites is 1. The molecule has 16 heavy (non-hydrogen) atoms. The van der Waals surface area contributed by atoms with Gasteiger partial charge in [0.15, 0.2) is 0 Å². The summed E-state index contributed by atoms with van der Waals surface area (Å²) in [5, 5.41) is 9.69. The highest BCUT2D eigenvalue weighted by Gasteiger charge is 2.27. The van der Waals surface area contributed by atoms with E-state index >= 15 is 0 Å². The Bertz CT molecular complexity index is 410. The van der Waals surface area contributed by atoms with Gasteiger partial charge in [-0.1, -0.05) is 18.2 Å². The van der Waals surface area contributed by atoms with Crippen LogP contribution in [0.5, 0.6) is 5.75 Å². The topological polar surface area (TPSA) is 72.3 Å². The number of nitrogens with two attached hydrogens (primary N) is 2. The van der Waals surface area contributed by atoms with Gasteiger partial charge in [0.05, 0.1) is 5.66 Å². The molecule has 2 rings (SSSR count). The van der Waals surface area contributed by atoms with Crippen molar-refractivity contribution >= 4 is 6.08 Å². The molecule has 0 spiro atoms. The minimum Gasteiger partial charge on any atom is -0.507 e. The zero-order valence-electron chi connectivity index (χ0n) is 9.32. The van der Waals surface area contributed by atoms with Crippen LogP contribution in [0.4, 0.5) is 0 Å². The highest BCUT2D eigenvalue weighted by atomic mass is 16.3.